The van der Waals surface area contributed by atoms with Gasteiger partial charge in [0.2, 0.25) is 11.8 Å². The molecule has 4 rings (SSSR count). The minimum Gasteiger partial charge on any atom is -0.437 e. The number of aromatic nitrogens is 4. The molecule has 29 heavy (non-hydrogen) atoms. The van der Waals surface area contributed by atoms with E-state index in [1.807, 2.05) is 58.3 Å². The van der Waals surface area contributed by atoms with Crippen molar-refractivity contribution < 1.29 is 9.53 Å². The number of benzene rings is 2. The zero-order valence-corrected chi connectivity index (χ0v) is 16.9. The Morgan fingerprint density at radius 3 is 2.62 bits per heavy atom. The first-order valence-corrected chi connectivity index (χ1v) is 9.34. The molecule has 2 aromatic heterocycles. The average Bonchev–Trinajstić information content (AvgIpc) is 3.08. The number of ether oxygens (including phenoxy) is 1. The van der Waals surface area contributed by atoms with Gasteiger partial charge >= 0.3 is 0 Å². The topological polar surface area (TPSA) is 95.9 Å². The van der Waals surface area contributed by atoms with E-state index in [1.54, 1.807) is 29.2 Å². The van der Waals surface area contributed by atoms with Crippen molar-refractivity contribution in [1.82, 2.24) is 19.7 Å². The number of carbonyl (C=O) groups excluding carboxylic acids is 1. The summed E-state index contributed by atoms with van der Waals surface area (Å²) >= 11 is 0. The highest BCUT2D eigenvalue weighted by Crippen LogP contribution is 2.26. The number of aryl methyl sites for hydroxylation is 2. The van der Waals surface area contributed by atoms with Crippen molar-refractivity contribution in [3.8, 4) is 22.9 Å². The molecule has 0 fully saturated rings. The van der Waals surface area contributed by atoms with E-state index in [-0.39, 0.29) is 0 Å². The van der Waals surface area contributed by atoms with Gasteiger partial charge in [0.25, 0.3) is 0 Å². The van der Waals surface area contributed by atoms with E-state index in [4.69, 9.17) is 10.5 Å². The van der Waals surface area contributed by atoms with Crippen molar-refractivity contribution in [3.05, 3.63) is 66.1 Å². The summed E-state index contributed by atoms with van der Waals surface area (Å²) in [6, 6.07) is 11.0. The quantitative estimate of drug-likeness (QED) is 0.563. The molecule has 0 aliphatic rings. The van der Waals surface area contributed by atoms with Crippen LogP contribution in [-0.2, 0) is 7.05 Å². The zero-order valence-electron chi connectivity index (χ0n) is 16.9. The van der Waals surface area contributed by atoms with Crippen LogP contribution in [-0.4, -0.2) is 25.7 Å². The Bertz CT molecular complexity index is 1170. The number of rotatable bonds is 4. The molecule has 148 valence electrons. The fourth-order valence-corrected chi connectivity index (χ4v) is 2.95. The van der Waals surface area contributed by atoms with Gasteiger partial charge < -0.3 is 10.5 Å². The SMILES string of the molecule is CC.Cc1cc(-c2cncc(Oc3ccc4nn(C)cc4c3)n2)ccc1C(N)=O. The van der Waals surface area contributed by atoms with Crippen LogP contribution in [0.4, 0.5) is 0 Å². The van der Waals surface area contributed by atoms with Crippen LogP contribution in [0.15, 0.2) is 55.0 Å². The lowest BCUT2D eigenvalue weighted by Crippen LogP contribution is -2.12. The van der Waals surface area contributed by atoms with E-state index < -0.39 is 5.91 Å². The molecular weight excluding hydrogens is 366 g/mol. The second-order valence-electron chi connectivity index (χ2n) is 6.26. The number of hydrogen-bond acceptors (Lipinski definition) is 5. The Kier molecular flexibility index (Phi) is 5.87. The summed E-state index contributed by atoms with van der Waals surface area (Å²) in [7, 11) is 1.88. The summed E-state index contributed by atoms with van der Waals surface area (Å²) in [4.78, 5) is 20.1. The van der Waals surface area contributed by atoms with Gasteiger partial charge in [-0.2, -0.15) is 5.10 Å². The minimum atomic E-state index is -0.451. The largest absolute Gasteiger partial charge is 0.437 e. The fraction of sp³-hybridized carbons (Fsp3) is 0.182. The Morgan fingerprint density at radius 1 is 1.10 bits per heavy atom. The maximum absolute atomic E-state index is 11.4. The highest BCUT2D eigenvalue weighted by Gasteiger charge is 2.09. The Morgan fingerprint density at radius 2 is 1.90 bits per heavy atom. The fourth-order valence-electron chi connectivity index (χ4n) is 2.95. The molecule has 0 aliphatic carbocycles. The lowest BCUT2D eigenvalue weighted by Gasteiger charge is -2.08. The Labute approximate surface area is 169 Å². The first-order chi connectivity index (χ1) is 14.0. The molecular formula is C22H23N5O2. The van der Waals surface area contributed by atoms with Crippen LogP contribution in [0.25, 0.3) is 22.2 Å². The standard InChI is InChI=1S/C20H17N5O2.C2H6/c1-12-7-13(3-5-16(12)20(21)26)18-9-22-10-19(23-18)27-15-4-6-17-14(8-15)11-25(2)24-17;1-2/h3-11H,1-2H3,(H2,21,26);1-2H3. The Balaban J connectivity index is 0.00000117. The van der Waals surface area contributed by atoms with Crippen LogP contribution in [0, 0.1) is 6.92 Å². The molecule has 1 amide bonds. The van der Waals surface area contributed by atoms with Crippen LogP contribution in [0.3, 0.4) is 0 Å². The van der Waals surface area contributed by atoms with E-state index in [0.717, 1.165) is 22.0 Å². The van der Waals surface area contributed by atoms with Crippen LogP contribution in [0.2, 0.25) is 0 Å². The summed E-state index contributed by atoms with van der Waals surface area (Å²) < 4.78 is 7.62. The summed E-state index contributed by atoms with van der Waals surface area (Å²) in [5, 5.41) is 5.33. The predicted octanol–water partition coefficient (Wildman–Crippen LogP) is 4.26. The van der Waals surface area contributed by atoms with Crippen molar-refractivity contribution in [1.29, 1.82) is 0 Å². The summed E-state index contributed by atoms with van der Waals surface area (Å²) in [6.07, 6.45) is 5.13. The van der Waals surface area contributed by atoms with Crippen LogP contribution >= 0.6 is 0 Å². The molecule has 0 bridgehead atoms. The number of nitrogens with zero attached hydrogens (tertiary/aromatic N) is 4. The number of primary amides is 1. The van der Waals surface area contributed by atoms with Crippen molar-refractivity contribution in [2.24, 2.45) is 12.8 Å². The van der Waals surface area contributed by atoms with Crippen molar-refractivity contribution >= 4 is 16.8 Å². The number of hydrogen-bond donors (Lipinski definition) is 1. The van der Waals surface area contributed by atoms with E-state index in [0.29, 0.717) is 22.9 Å². The lowest BCUT2D eigenvalue weighted by molar-refractivity contribution is 0.0999. The molecule has 0 atom stereocenters. The van der Waals surface area contributed by atoms with Crippen LogP contribution in [0.5, 0.6) is 11.6 Å². The van der Waals surface area contributed by atoms with Crippen molar-refractivity contribution in [2.45, 2.75) is 20.8 Å². The van der Waals surface area contributed by atoms with Gasteiger partial charge in [-0.15, -0.1) is 0 Å². The molecule has 0 saturated heterocycles. The third-order valence-electron chi connectivity index (χ3n) is 4.21. The van der Waals surface area contributed by atoms with Gasteiger partial charge in [-0.05, 0) is 42.8 Å². The second-order valence-corrected chi connectivity index (χ2v) is 6.26. The number of carbonyl (C=O) groups is 1. The molecule has 4 aromatic rings. The average molecular weight is 389 g/mol. The monoisotopic (exact) mass is 389 g/mol. The molecule has 2 N–H and O–H groups in total. The van der Waals surface area contributed by atoms with Gasteiger partial charge in [-0.1, -0.05) is 19.9 Å². The number of amides is 1. The van der Waals surface area contributed by atoms with Crippen LogP contribution in [0.1, 0.15) is 29.8 Å². The summed E-state index contributed by atoms with van der Waals surface area (Å²) in [6.45, 7) is 5.83. The normalized spacial score (nSPS) is 10.3. The lowest BCUT2D eigenvalue weighted by atomic mass is 10.0. The van der Waals surface area contributed by atoms with E-state index in [1.165, 1.54) is 0 Å². The maximum atomic E-state index is 11.4. The van der Waals surface area contributed by atoms with E-state index in [2.05, 4.69) is 15.1 Å². The van der Waals surface area contributed by atoms with Gasteiger partial charge in [0.05, 0.1) is 23.6 Å². The van der Waals surface area contributed by atoms with Gasteiger partial charge in [-0.25, -0.2) is 4.98 Å². The third kappa shape index (κ3) is 4.40. The molecule has 2 heterocycles. The van der Waals surface area contributed by atoms with Gasteiger partial charge in [0, 0.05) is 29.8 Å². The molecule has 0 aliphatic heterocycles. The number of fused-ring (bicyclic) bond motifs is 1. The van der Waals surface area contributed by atoms with E-state index >= 15 is 0 Å². The smallest absolute Gasteiger partial charge is 0.248 e. The predicted molar refractivity (Wildman–Crippen MR) is 113 cm³/mol. The second kappa shape index (κ2) is 8.52. The Hall–Kier alpha value is -3.74. The van der Waals surface area contributed by atoms with Gasteiger partial charge in [0.15, 0.2) is 0 Å². The first kappa shape index (κ1) is 20.0. The number of nitrogens with two attached hydrogens (primary N) is 1. The molecule has 7 heteroatoms. The van der Waals surface area contributed by atoms with Crippen LogP contribution < -0.4 is 10.5 Å². The molecule has 2 aromatic carbocycles. The van der Waals surface area contributed by atoms with Crippen molar-refractivity contribution in [3.63, 3.8) is 0 Å². The summed E-state index contributed by atoms with van der Waals surface area (Å²) in [5.41, 5.74) is 9.02. The van der Waals surface area contributed by atoms with E-state index in [9.17, 15) is 4.79 Å². The van der Waals surface area contributed by atoms with Gasteiger partial charge in [-0.3, -0.25) is 14.5 Å². The summed E-state index contributed by atoms with van der Waals surface area (Å²) in [5.74, 6) is 0.586. The molecule has 0 saturated carbocycles. The highest BCUT2D eigenvalue weighted by molar-refractivity contribution is 5.94. The molecule has 0 unspecified atom stereocenters. The van der Waals surface area contributed by atoms with Crippen molar-refractivity contribution in [2.75, 3.05) is 0 Å². The minimum absolute atomic E-state index is 0.382. The third-order valence-corrected chi connectivity index (χ3v) is 4.21. The van der Waals surface area contributed by atoms with Gasteiger partial charge in [0.1, 0.15) is 5.75 Å². The molecule has 7 nitrogen and oxygen atoms in total. The first-order valence-electron chi connectivity index (χ1n) is 9.34. The zero-order chi connectivity index (χ0) is 21.0. The maximum Gasteiger partial charge on any atom is 0.248 e. The molecule has 0 spiro atoms. The molecule has 0 radical (unpaired) electrons. The highest BCUT2D eigenvalue weighted by atomic mass is 16.5.